The molecule has 4 aliphatic rings. The molecule has 4 bridgehead atoms. The van der Waals surface area contributed by atoms with Crippen LogP contribution in [-0.2, 0) is 23.9 Å². The van der Waals surface area contributed by atoms with Gasteiger partial charge in [0.25, 0.3) is 0 Å². The van der Waals surface area contributed by atoms with Crippen LogP contribution in [-0.4, -0.2) is 35.0 Å². The van der Waals surface area contributed by atoms with E-state index in [1.165, 1.54) is 31.2 Å². The standard InChI is InChI=1S/C22H24F2O6/c1-12(25)29-17-15-7-13-8-16(17)11-21(9-13,10-15)20(28)30-18(22(23,24)19(26)27)14-5-3-2-4-6-14/h2-6,13,15-18H,7-11H2,1H3,(H,26,27). The van der Waals surface area contributed by atoms with Gasteiger partial charge in [-0.3, -0.25) is 9.59 Å². The van der Waals surface area contributed by atoms with Gasteiger partial charge in [0.1, 0.15) is 6.10 Å². The number of carboxylic acids is 1. The first-order valence-electron chi connectivity index (χ1n) is 10.2. The molecule has 0 spiro atoms. The highest BCUT2D eigenvalue weighted by Crippen LogP contribution is 2.61. The number of benzene rings is 1. The number of halogens is 2. The second-order valence-electron chi connectivity index (χ2n) is 8.95. The van der Waals surface area contributed by atoms with E-state index in [1.54, 1.807) is 6.07 Å². The SMILES string of the molecule is CC(=O)OC1C2CC3CC1CC(C(=O)OC(c1ccccc1)C(F)(F)C(=O)O)(C3)C2. The first-order chi connectivity index (χ1) is 14.1. The fourth-order valence-electron chi connectivity index (χ4n) is 5.94. The van der Waals surface area contributed by atoms with Crippen LogP contribution in [0.5, 0.6) is 0 Å². The molecule has 1 N–H and O–H groups in total. The van der Waals surface area contributed by atoms with Gasteiger partial charge < -0.3 is 14.6 Å². The van der Waals surface area contributed by atoms with Gasteiger partial charge in [-0.1, -0.05) is 30.3 Å². The van der Waals surface area contributed by atoms with Crippen molar-refractivity contribution < 1.29 is 37.7 Å². The summed E-state index contributed by atoms with van der Waals surface area (Å²) in [5.41, 5.74) is -1.00. The topological polar surface area (TPSA) is 89.9 Å². The third kappa shape index (κ3) is 3.46. The van der Waals surface area contributed by atoms with Crippen LogP contribution in [0.4, 0.5) is 8.78 Å². The molecule has 4 fully saturated rings. The Bertz CT molecular complexity index is 838. The summed E-state index contributed by atoms with van der Waals surface area (Å²) in [6.45, 7) is 1.35. The van der Waals surface area contributed by atoms with Crippen molar-refractivity contribution in [3.05, 3.63) is 35.9 Å². The van der Waals surface area contributed by atoms with E-state index in [9.17, 15) is 23.2 Å². The molecule has 30 heavy (non-hydrogen) atoms. The quantitative estimate of drug-likeness (QED) is 0.703. The number of carboxylic acid groups (broad SMARTS) is 1. The Kier molecular flexibility index (Phi) is 5.06. The first kappa shape index (κ1) is 20.8. The third-order valence-electron chi connectivity index (χ3n) is 6.86. The summed E-state index contributed by atoms with van der Waals surface area (Å²) in [5.74, 6) is -7.53. The number of carbonyl (C=O) groups excluding carboxylic acids is 2. The molecule has 162 valence electrons. The Hall–Kier alpha value is -2.51. The molecule has 4 saturated carbocycles. The number of alkyl halides is 2. The lowest BCUT2D eigenvalue weighted by Crippen LogP contribution is -2.58. The van der Waals surface area contributed by atoms with Crippen molar-refractivity contribution in [2.75, 3.05) is 0 Å². The number of rotatable bonds is 6. The van der Waals surface area contributed by atoms with E-state index >= 15 is 0 Å². The molecule has 3 atom stereocenters. The molecule has 0 aromatic heterocycles. The molecule has 1 aromatic carbocycles. The second-order valence-corrected chi connectivity index (χ2v) is 8.95. The Labute approximate surface area is 172 Å². The first-order valence-corrected chi connectivity index (χ1v) is 10.2. The van der Waals surface area contributed by atoms with Crippen molar-refractivity contribution in [3.63, 3.8) is 0 Å². The number of hydrogen-bond acceptors (Lipinski definition) is 5. The van der Waals surface area contributed by atoms with Crippen LogP contribution >= 0.6 is 0 Å². The molecular formula is C22H24F2O6. The van der Waals surface area contributed by atoms with Gasteiger partial charge in [0.05, 0.1) is 5.41 Å². The number of hydrogen-bond donors (Lipinski definition) is 1. The van der Waals surface area contributed by atoms with Gasteiger partial charge in [-0.15, -0.1) is 0 Å². The normalized spacial score (nSPS) is 33.0. The number of carbonyl (C=O) groups is 3. The van der Waals surface area contributed by atoms with Gasteiger partial charge in [-0.2, -0.15) is 8.78 Å². The molecule has 8 heteroatoms. The van der Waals surface area contributed by atoms with Crippen LogP contribution in [0.1, 0.15) is 50.7 Å². The minimum atomic E-state index is -4.26. The second kappa shape index (κ2) is 7.32. The van der Waals surface area contributed by atoms with Crippen molar-refractivity contribution >= 4 is 17.9 Å². The maximum atomic E-state index is 14.5. The van der Waals surface area contributed by atoms with Crippen LogP contribution in [0.3, 0.4) is 0 Å². The van der Waals surface area contributed by atoms with Gasteiger partial charge in [-0.25, -0.2) is 4.79 Å². The molecule has 3 unspecified atom stereocenters. The highest BCUT2D eigenvalue weighted by atomic mass is 19.3. The van der Waals surface area contributed by atoms with Crippen LogP contribution in [0, 0.1) is 23.2 Å². The zero-order chi connectivity index (χ0) is 21.7. The van der Waals surface area contributed by atoms with Gasteiger partial charge in [-0.05, 0) is 55.4 Å². The van der Waals surface area contributed by atoms with Crippen LogP contribution in [0.25, 0.3) is 0 Å². The van der Waals surface area contributed by atoms with Crippen molar-refractivity contribution in [2.24, 2.45) is 23.2 Å². The highest BCUT2D eigenvalue weighted by Gasteiger charge is 2.61. The van der Waals surface area contributed by atoms with Gasteiger partial charge in [0.15, 0.2) is 0 Å². The van der Waals surface area contributed by atoms with Crippen molar-refractivity contribution in [1.29, 1.82) is 0 Å². The average Bonchev–Trinajstić information content (AvgIpc) is 2.68. The summed E-state index contributed by atoms with van der Waals surface area (Å²) >= 11 is 0. The van der Waals surface area contributed by atoms with Crippen molar-refractivity contribution in [3.8, 4) is 0 Å². The molecule has 6 nitrogen and oxygen atoms in total. The molecule has 0 saturated heterocycles. The zero-order valence-corrected chi connectivity index (χ0v) is 16.6. The van der Waals surface area contributed by atoms with E-state index in [2.05, 4.69) is 0 Å². The van der Waals surface area contributed by atoms with Gasteiger partial charge in [0.2, 0.25) is 6.10 Å². The fourth-order valence-corrected chi connectivity index (χ4v) is 5.94. The maximum Gasteiger partial charge on any atom is 0.382 e. The Morgan fingerprint density at radius 1 is 1.10 bits per heavy atom. The molecule has 4 aliphatic carbocycles. The van der Waals surface area contributed by atoms with Gasteiger partial charge >= 0.3 is 23.8 Å². The molecule has 1 aromatic rings. The summed E-state index contributed by atoms with van der Waals surface area (Å²) in [6.07, 6.45) is 0.527. The molecule has 0 heterocycles. The zero-order valence-electron chi connectivity index (χ0n) is 16.6. The minimum Gasteiger partial charge on any atom is -0.477 e. The summed E-state index contributed by atoms with van der Waals surface area (Å²) < 4.78 is 39.8. The molecular weight excluding hydrogens is 398 g/mol. The summed E-state index contributed by atoms with van der Waals surface area (Å²) in [5, 5.41) is 9.05. The van der Waals surface area contributed by atoms with E-state index in [1.807, 2.05) is 0 Å². The van der Waals surface area contributed by atoms with Crippen LogP contribution in [0.15, 0.2) is 30.3 Å². The van der Waals surface area contributed by atoms with Crippen molar-refractivity contribution in [1.82, 2.24) is 0 Å². The monoisotopic (exact) mass is 422 g/mol. The Morgan fingerprint density at radius 2 is 1.70 bits per heavy atom. The number of aliphatic carboxylic acids is 1. The molecule has 0 aliphatic heterocycles. The van der Waals surface area contributed by atoms with E-state index in [0.717, 1.165) is 12.8 Å². The average molecular weight is 422 g/mol. The fraction of sp³-hybridized carbons (Fsp3) is 0.591. The molecule has 0 radical (unpaired) electrons. The van der Waals surface area contributed by atoms with Gasteiger partial charge in [0, 0.05) is 6.92 Å². The number of ether oxygens (including phenoxy) is 2. The number of esters is 2. The largest absolute Gasteiger partial charge is 0.477 e. The highest BCUT2D eigenvalue weighted by molar-refractivity contribution is 5.80. The Balaban J connectivity index is 1.59. The lowest BCUT2D eigenvalue weighted by atomic mass is 9.48. The predicted octanol–water partition coefficient (Wildman–Crippen LogP) is 3.75. The predicted molar refractivity (Wildman–Crippen MR) is 99.4 cm³/mol. The minimum absolute atomic E-state index is 0.0112. The lowest BCUT2D eigenvalue weighted by Gasteiger charge is -2.58. The third-order valence-corrected chi connectivity index (χ3v) is 6.86. The summed E-state index contributed by atoms with van der Waals surface area (Å²) in [6, 6.07) is 7.23. The molecule has 5 rings (SSSR count). The van der Waals surface area contributed by atoms with Crippen LogP contribution < -0.4 is 0 Å². The summed E-state index contributed by atoms with van der Waals surface area (Å²) in [7, 11) is 0. The van der Waals surface area contributed by atoms with Crippen molar-refractivity contribution in [2.45, 2.75) is 57.2 Å². The lowest BCUT2D eigenvalue weighted by molar-refractivity contribution is -0.214. The Morgan fingerprint density at radius 3 is 2.23 bits per heavy atom. The van der Waals surface area contributed by atoms with E-state index in [0.29, 0.717) is 19.3 Å². The molecule has 0 amide bonds. The summed E-state index contributed by atoms with van der Waals surface area (Å²) in [4.78, 5) is 35.9. The smallest absolute Gasteiger partial charge is 0.382 e. The maximum absolute atomic E-state index is 14.5. The van der Waals surface area contributed by atoms with Crippen LogP contribution in [0.2, 0.25) is 0 Å². The van der Waals surface area contributed by atoms with E-state index in [4.69, 9.17) is 14.6 Å². The van der Waals surface area contributed by atoms with E-state index < -0.39 is 29.4 Å². The van der Waals surface area contributed by atoms with E-state index in [-0.39, 0.29) is 35.4 Å².